The Morgan fingerprint density at radius 3 is 2.58 bits per heavy atom. The average Bonchev–Trinajstić information content (AvgIpc) is 2.28. The van der Waals surface area contributed by atoms with Crippen molar-refractivity contribution in [1.29, 1.82) is 0 Å². The van der Waals surface area contributed by atoms with Crippen LogP contribution in [0.4, 0.5) is 0 Å². The van der Waals surface area contributed by atoms with E-state index in [0.717, 1.165) is 18.4 Å². The molecule has 2 heteroatoms. The fourth-order valence-electron chi connectivity index (χ4n) is 1.69. The number of carbonyl (C=O) groups is 1. The first kappa shape index (κ1) is 9.30. The second-order valence-corrected chi connectivity index (χ2v) is 3.40. The van der Waals surface area contributed by atoms with E-state index in [1.54, 1.807) is 7.05 Å². The van der Waals surface area contributed by atoms with E-state index in [-0.39, 0.29) is 5.91 Å². The van der Waals surface area contributed by atoms with Gasteiger partial charge < -0.3 is 5.32 Å². The third kappa shape index (κ3) is 2.10. The predicted octanol–water partition coefficient (Wildman–Crippen LogP) is 2.01. The molecule has 1 aliphatic rings. The number of hydrogen-bond donors (Lipinski definition) is 1. The number of amides is 1. The lowest BCUT2D eigenvalue weighted by Crippen LogP contribution is -2.20. The molecule has 0 bridgehead atoms. The molecule has 0 aromatic rings. The van der Waals surface area contributed by atoms with Crippen molar-refractivity contribution < 1.29 is 4.79 Å². The van der Waals surface area contributed by atoms with Crippen molar-refractivity contribution in [3.8, 4) is 0 Å². The van der Waals surface area contributed by atoms with Gasteiger partial charge in [0.2, 0.25) is 5.91 Å². The van der Waals surface area contributed by atoms with Crippen LogP contribution in [0, 0.1) is 0 Å². The molecule has 68 valence electrons. The molecule has 0 saturated carbocycles. The maximum atomic E-state index is 11.4. The first-order valence-corrected chi connectivity index (χ1v) is 4.66. The second-order valence-electron chi connectivity index (χ2n) is 3.40. The number of carbonyl (C=O) groups excluding carboxylic acids is 1. The van der Waals surface area contributed by atoms with Gasteiger partial charge in [-0.05, 0) is 32.6 Å². The highest BCUT2D eigenvalue weighted by atomic mass is 16.1. The zero-order chi connectivity index (χ0) is 8.97. The molecule has 0 heterocycles. The molecule has 0 unspecified atom stereocenters. The molecule has 0 fully saturated rings. The van der Waals surface area contributed by atoms with Crippen molar-refractivity contribution in [2.75, 3.05) is 7.05 Å². The molecule has 0 aromatic heterocycles. The minimum absolute atomic E-state index is 0.120. The van der Waals surface area contributed by atoms with Gasteiger partial charge in [0.25, 0.3) is 0 Å². The van der Waals surface area contributed by atoms with Crippen LogP contribution in [0.25, 0.3) is 0 Å². The van der Waals surface area contributed by atoms with Gasteiger partial charge in [0.1, 0.15) is 0 Å². The van der Waals surface area contributed by atoms with Gasteiger partial charge >= 0.3 is 0 Å². The smallest absolute Gasteiger partial charge is 0.246 e. The van der Waals surface area contributed by atoms with Crippen LogP contribution in [0.5, 0.6) is 0 Å². The Hall–Kier alpha value is -0.790. The molecule has 2 nitrogen and oxygen atoms in total. The fraction of sp³-hybridized carbons (Fsp3) is 0.700. The van der Waals surface area contributed by atoms with Crippen molar-refractivity contribution >= 4 is 5.91 Å². The molecule has 1 amide bonds. The third-order valence-electron chi connectivity index (χ3n) is 2.49. The van der Waals surface area contributed by atoms with Crippen molar-refractivity contribution in [2.45, 2.75) is 39.0 Å². The summed E-state index contributed by atoms with van der Waals surface area (Å²) in [6.45, 7) is 2.08. The Morgan fingerprint density at radius 2 is 1.92 bits per heavy atom. The third-order valence-corrected chi connectivity index (χ3v) is 2.49. The van der Waals surface area contributed by atoms with Crippen molar-refractivity contribution in [3.63, 3.8) is 0 Å². The lowest BCUT2D eigenvalue weighted by Gasteiger charge is -2.06. The molecular formula is C10H17NO. The van der Waals surface area contributed by atoms with E-state index in [0.29, 0.717) is 0 Å². The van der Waals surface area contributed by atoms with Gasteiger partial charge in [0.15, 0.2) is 0 Å². The quantitative estimate of drug-likeness (QED) is 0.636. The highest BCUT2D eigenvalue weighted by molar-refractivity contribution is 5.93. The molecular weight excluding hydrogens is 150 g/mol. The number of likely N-dealkylation sites (N-methyl/N-ethyl adjacent to an activating group) is 1. The normalized spacial score (nSPS) is 18.8. The zero-order valence-electron chi connectivity index (χ0n) is 7.94. The Kier molecular flexibility index (Phi) is 3.32. The van der Waals surface area contributed by atoms with E-state index >= 15 is 0 Å². The first-order chi connectivity index (χ1) is 5.75. The van der Waals surface area contributed by atoms with Crippen LogP contribution >= 0.6 is 0 Å². The highest BCUT2D eigenvalue weighted by Gasteiger charge is 2.13. The number of rotatable bonds is 1. The number of nitrogens with one attached hydrogen (secondary N) is 1. The van der Waals surface area contributed by atoms with Gasteiger partial charge in [-0.1, -0.05) is 12.0 Å². The molecule has 0 aromatic carbocycles. The topological polar surface area (TPSA) is 29.1 Å². The van der Waals surface area contributed by atoms with Gasteiger partial charge in [-0.25, -0.2) is 0 Å². The molecule has 0 atom stereocenters. The van der Waals surface area contributed by atoms with Crippen LogP contribution < -0.4 is 5.32 Å². The van der Waals surface area contributed by atoms with Crippen LogP contribution in [0.1, 0.15) is 39.0 Å². The lowest BCUT2D eigenvalue weighted by molar-refractivity contribution is -0.117. The van der Waals surface area contributed by atoms with Crippen molar-refractivity contribution in [2.24, 2.45) is 0 Å². The highest BCUT2D eigenvalue weighted by Crippen LogP contribution is 2.23. The van der Waals surface area contributed by atoms with Crippen LogP contribution in [0.2, 0.25) is 0 Å². The maximum absolute atomic E-state index is 11.4. The van der Waals surface area contributed by atoms with Crippen LogP contribution in [-0.2, 0) is 4.79 Å². The van der Waals surface area contributed by atoms with Gasteiger partial charge in [-0.2, -0.15) is 0 Å². The summed E-state index contributed by atoms with van der Waals surface area (Å²) >= 11 is 0. The Morgan fingerprint density at radius 1 is 1.25 bits per heavy atom. The van der Waals surface area contributed by atoms with E-state index in [2.05, 4.69) is 12.2 Å². The van der Waals surface area contributed by atoms with Gasteiger partial charge in [0.05, 0.1) is 0 Å². The van der Waals surface area contributed by atoms with E-state index < -0.39 is 0 Å². The van der Waals surface area contributed by atoms with E-state index in [1.165, 1.54) is 24.8 Å². The minimum Gasteiger partial charge on any atom is -0.355 e. The summed E-state index contributed by atoms with van der Waals surface area (Å²) in [5.41, 5.74) is 2.31. The number of hydrogen-bond acceptors (Lipinski definition) is 1. The van der Waals surface area contributed by atoms with Crippen molar-refractivity contribution in [1.82, 2.24) is 5.32 Å². The summed E-state index contributed by atoms with van der Waals surface area (Å²) in [6.07, 6.45) is 5.73. The monoisotopic (exact) mass is 167 g/mol. The van der Waals surface area contributed by atoms with Gasteiger partial charge in [-0.15, -0.1) is 0 Å². The molecule has 0 spiro atoms. The van der Waals surface area contributed by atoms with Crippen LogP contribution in [0.15, 0.2) is 11.1 Å². The zero-order valence-corrected chi connectivity index (χ0v) is 7.94. The fourth-order valence-corrected chi connectivity index (χ4v) is 1.69. The molecule has 1 aliphatic carbocycles. The van der Waals surface area contributed by atoms with Crippen LogP contribution in [0.3, 0.4) is 0 Å². The largest absolute Gasteiger partial charge is 0.355 e. The van der Waals surface area contributed by atoms with Crippen molar-refractivity contribution in [3.05, 3.63) is 11.1 Å². The SMILES string of the molecule is CNC(=O)C1=C(C)CCCCC1. The summed E-state index contributed by atoms with van der Waals surface area (Å²) in [4.78, 5) is 11.4. The summed E-state index contributed by atoms with van der Waals surface area (Å²) in [5, 5.41) is 2.70. The van der Waals surface area contributed by atoms with Crippen LogP contribution in [-0.4, -0.2) is 13.0 Å². The molecule has 1 rings (SSSR count). The molecule has 0 radical (unpaired) electrons. The van der Waals surface area contributed by atoms with Gasteiger partial charge in [0, 0.05) is 12.6 Å². The van der Waals surface area contributed by atoms with Gasteiger partial charge in [-0.3, -0.25) is 4.79 Å². The van der Waals surface area contributed by atoms with E-state index in [9.17, 15) is 4.79 Å². The average molecular weight is 167 g/mol. The molecule has 0 saturated heterocycles. The summed E-state index contributed by atoms with van der Waals surface area (Å²) < 4.78 is 0. The predicted molar refractivity (Wildman–Crippen MR) is 49.9 cm³/mol. The Labute approximate surface area is 74.0 Å². The Bertz CT molecular complexity index is 206. The first-order valence-electron chi connectivity index (χ1n) is 4.66. The molecule has 0 aliphatic heterocycles. The standard InChI is InChI=1S/C10H17NO/c1-8-6-4-3-5-7-9(8)10(12)11-2/h3-7H2,1-2H3,(H,11,12). The minimum atomic E-state index is 0.120. The number of allylic oxidation sites excluding steroid dienone is 1. The summed E-state index contributed by atoms with van der Waals surface area (Å²) in [7, 11) is 1.70. The molecule has 1 N–H and O–H groups in total. The molecule has 12 heavy (non-hydrogen) atoms. The summed E-state index contributed by atoms with van der Waals surface area (Å²) in [6, 6.07) is 0. The maximum Gasteiger partial charge on any atom is 0.246 e. The van der Waals surface area contributed by atoms with E-state index in [4.69, 9.17) is 0 Å². The summed E-state index contributed by atoms with van der Waals surface area (Å²) in [5.74, 6) is 0.120. The Balaban J connectivity index is 2.74. The second kappa shape index (κ2) is 4.29. The lowest BCUT2D eigenvalue weighted by atomic mass is 10.0. The van der Waals surface area contributed by atoms with E-state index in [1.807, 2.05) is 0 Å².